The van der Waals surface area contributed by atoms with Crippen LogP contribution in [0, 0.1) is 12.8 Å². The van der Waals surface area contributed by atoms with Crippen molar-refractivity contribution in [2.75, 3.05) is 11.9 Å². The number of nitrogens with zero attached hydrogens (tertiary/aromatic N) is 4. The molecule has 2 aromatic carbocycles. The largest absolute Gasteiger partial charge is 0.369 e. The van der Waals surface area contributed by atoms with Crippen LogP contribution in [0.3, 0.4) is 0 Å². The van der Waals surface area contributed by atoms with E-state index < -0.39 is 0 Å². The molecule has 0 unspecified atom stereocenters. The van der Waals surface area contributed by atoms with Gasteiger partial charge in [-0.2, -0.15) is 9.50 Å². The number of fused-ring (bicyclic) bond motifs is 1. The van der Waals surface area contributed by atoms with Crippen molar-refractivity contribution in [1.82, 2.24) is 19.6 Å². The summed E-state index contributed by atoms with van der Waals surface area (Å²) in [5, 5.41) is 8.38. The average Bonchev–Trinajstić information content (AvgIpc) is 3.51. The third-order valence-corrected chi connectivity index (χ3v) is 6.67. The van der Waals surface area contributed by atoms with Crippen molar-refractivity contribution in [2.24, 2.45) is 5.92 Å². The molecule has 0 amide bonds. The minimum Gasteiger partial charge on any atom is -0.369 e. The monoisotopic (exact) mass is 409 g/mol. The van der Waals surface area contributed by atoms with Crippen LogP contribution in [-0.2, 0) is 0 Å². The summed E-state index contributed by atoms with van der Waals surface area (Å²) in [7, 11) is 0. The van der Waals surface area contributed by atoms with Crippen molar-refractivity contribution in [3.8, 4) is 22.4 Å². The molecule has 5 nitrogen and oxygen atoms in total. The Morgan fingerprint density at radius 1 is 0.903 bits per heavy atom. The van der Waals surface area contributed by atoms with Crippen molar-refractivity contribution in [3.63, 3.8) is 0 Å². The van der Waals surface area contributed by atoms with Gasteiger partial charge >= 0.3 is 0 Å². The Labute approximate surface area is 182 Å². The molecular weight excluding hydrogens is 382 g/mol. The summed E-state index contributed by atoms with van der Waals surface area (Å²) in [6, 6.07) is 19.6. The highest BCUT2D eigenvalue weighted by atomic mass is 15.4. The molecule has 2 aliphatic rings. The van der Waals surface area contributed by atoms with E-state index in [1.165, 1.54) is 37.7 Å². The zero-order valence-corrected chi connectivity index (χ0v) is 17.9. The second-order valence-electron chi connectivity index (χ2n) is 8.99. The first-order chi connectivity index (χ1) is 15.3. The van der Waals surface area contributed by atoms with Gasteiger partial charge in [0.1, 0.15) is 11.6 Å². The van der Waals surface area contributed by atoms with Gasteiger partial charge in [-0.1, -0.05) is 61.0 Å². The summed E-state index contributed by atoms with van der Waals surface area (Å²) in [6.07, 6.45) is 6.58. The van der Waals surface area contributed by atoms with Crippen LogP contribution in [0.1, 0.15) is 49.4 Å². The van der Waals surface area contributed by atoms with Crippen LogP contribution in [0.5, 0.6) is 0 Å². The molecule has 2 saturated carbocycles. The third-order valence-electron chi connectivity index (χ3n) is 6.67. The smallest absolute Gasteiger partial charge is 0.254 e. The Kier molecular flexibility index (Phi) is 4.48. The fourth-order valence-electron chi connectivity index (χ4n) is 4.47. The van der Waals surface area contributed by atoms with Gasteiger partial charge in [0.25, 0.3) is 5.78 Å². The lowest BCUT2D eigenvalue weighted by atomic mass is 9.80. The SMILES string of the molecule is Cc1nc2nc(-c3ccc(C4CCC4)cc3)c(-c3ccccc3)c(NCC3CC3)n2n1. The van der Waals surface area contributed by atoms with Crippen LogP contribution in [0.2, 0.25) is 0 Å². The van der Waals surface area contributed by atoms with Crippen LogP contribution in [0.25, 0.3) is 28.2 Å². The number of aromatic nitrogens is 4. The van der Waals surface area contributed by atoms with E-state index in [0.717, 1.165) is 52.4 Å². The first-order valence-corrected chi connectivity index (χ1v) is 11.4. The zero-order chi connectivity index (χ0) is 20.8. The standard InChI is InChI=1S/C26H27N5/c1-17-28-26-29-24(22-14-12-20(13-15-22)19-8-5-9-19)23(21-6-3-2-4-7-21)25(31(26)30-17)27-16-18-10-11-18/h2-4,6-7,12-15,18-19,27H,5,8-11,16H2,1H3. The number of rotatable bonds is 6. The lowest BCUT2D eigenvalue weighted by molar-refractivity contribution is 0.420. The third kappa shape index (κ3) is 3.48. The van der Waals surface area contributed by atoms with E-state index in [0.29, 0.717) is 5.78 Å². The lowest BCUT2D eigenvalue weighted by Crippen LogP contribution is -2.12. The molecule has 0 bridgehead atoms. The maximum atomic E-state index is 5.00. The van der Waals surface area contributed by atoms with Crippen molar-refractivity contribution in [1.29, 1.82) is 0 Å². The Bertz CT molecular complexity index is 1220. The molecule has 2 heterocycles. The fourth-order valence-corrected chi connectivity index (χ4v) is 4.47. The molecule has 0 saturated heterocycles. The minimum atomic E-state index is 0.647. The van der Waals surface area contributed by atoms with E-state index in [9.17, 15) is 0 Å². The molecule has 4 aromatic rings. The molecule has 2 aromatic heterocycles. The molecule has 31 heavy (non-hydrogen) atoms. The van der Waals surface area contributed by atoms with E-state index in [1.807, 2.05) is 11.4 Å². The highest BCUT2D eigenvalue weighted by Crippen LogP contribution is 2.40. The topological polar surface area (TPSA) is 55.1 Å². The quantitative estimate of drug-likeness (QED) is 0.434. The summed E-state index contributed by atoms with van der Waals surface area (Å²) < 4.78 is 1.88. The Morgan fingerprint density at radius 3 is 2.35 bits per heavy atom. The first kappa shape index (κ1) is 18.6. The predicted molar refractivity (Wildman–Crippen MR) is 124 cm³/mol. The number of nitrogens with one attached hydrogen (secondary N) is 1. The molecule has 5 heteroatoms. The van der Waals surface area contributed by atoms with Crippen molar-refractivity contribution in [2.45, 2.75) is 44.9 Å². The van der Waals surface area contributed by atoms with E-state index in [-0.39, 0.29) is 0 Å². The maximum Gasteiger partial charge on any atom is 0.254 e. The molecule has 0 atom stereocenters. The summed E-state index contributed by atoms with van der Waals surface area (Å²) in [5.74, 6) is 3.85. The van der Waals surface area contributed by atoms with Crippen molar-refractivity contribution >= 4 is 11.6 Å². The number of hydrogen-bond donors (Lipinski definition) is 1. The second-order valence-corrected chi connectivity index (χ2v) is 8.99. The van der Waals surface area contributed by atoms with Crippen LogP contribution in [0.15, 0.2) is 54.6 Å². The Hall–Kier alpha value is -3.21. The van der Waals surface area contributed by atoms with E-state index in [4.69, 9.17) is 4.98 Å². The first-order valence-electron chi connectivity index (χ1n) is 11.4. The molecule has 2 fully saturated rings. The van der Waals surface area contributed by atoms with Crippen molar-refractivity contribution in [3.05, 3.63) is 66.0 Å². The molecule has 156 valence electrons. The van der Waals surface area contributed by atoms with E-state index >= 15 is 0 Å². The summed E-state index contributed by atoms with van der Waals surface area (Å²) in [5.41, 5.74) is 5.77. The lowest BCUT2D eigenvalue weighted by Gasteiger charge is -2.26. The molecule has 0 spiro atoms. The van der Waals surface area contributed by atoms with Gasteiger partial charge in [-0.25, -0.2) is 4.98 Å². The van der Waals surface area contributed by atoms with Gasteiger partial charge < -0.3 is 5.32 Å². The molecule has 0 aliphatic heterocycles. The highest BCUT2D eigenvalue weighted by Gasteiger charge is 2.25. The van der Waals surface area contributed by atoms with Crippen molar-refractivity contribution < 1.29 is 0 Å². The zero-order valence-electron chi connectivity index (χ0n) is 17.9. The molecule has 6 rings (SSSR count). The summed E-state index contributed by atoms with van der Waals surface area (Å²) in [6.45, 7) is 2.88. The number of hydrogen-bond acceptors (Lipinski definition) is 4. The summed E-state index contributed by atoms with van der Waals surface area (Å²) >= 11 is 0. The van der Waals surface area contributed by atoms with Crippen LogP contribution >= 0.6 is 0 Å². The van der Waals surface area contributed by atoms with Gasteiger partial charge in [0.2, 0.25) is 0 Å². The van der Waals surface area contributed by atoms with Crippen LogP contribution in [0.4, 0.5) is 5.82 Å². The predicted octanol–water partition coefficient (Wildman–Crippen LogP) is 5.86. The van der Waals surface area contributed by atoms with Gasteiger partial charge in [-0.3, -0.25) is 0 Å². The molecule has 1 N–H and O–H groups in total. The fraction of sp³-hybridized carbons (Fsp3) is 0.346. The second kappa shape index (κ2) is 7.49. The molecule has 2 aliphatic carbocycles. The van der Waals surface area contributed by atoms with Crippen LogP contribution < -0.4 is 5.32 Å². The number of benzene rings is 2. The van der Waals surface area contributed by atoms with Gasteiger partial charge in [0, 0.05) is 12.1 Å². The normalized spacial score (nSPS) is 16.4. The Balaban J connectivity index is 1.54. The van der Waals surface area contributed by atoms with Gasteiger partial charge in [-0.05, 0) is 55.6 Å². The Morgan fingerprint density at radius 2 is 1.68 bits per heavy atom. The molecule has 0 radical (unpaired) electrons. The van der Waals surface area contributed by atoms with Crippen LogP contribution in [-0.4, -0.2) is 26.1 Å². The van der Waals surface area contributed by atoms with E-state index in [1.54, 1.807) is 0 Å². The van der Waals surface area contributed by atoms with Gasteiger partial charge in [0.05, 0.1) is 11.3 Å². The summed E-state index contributed by atoms with van der Waals surface area (Å²) in [4.78, 5) is 9.61. The van der Waals surface area contributed by atoms with E-state index in [2.05, 4.69) is 70.0 Å². The maximum absolute atomic E-state index is 5.00. The van der Waals surface area contributed by atoms with Gasteiger partial charge in [0.15, 0.2) is 0 Å². The number of aryl methyl sites for hydroxylation is 1. The highest BCUT2D eigenvalue weighted by molar-refractivity contribution is 5.89. The number of anilines is 1. The minimum absolute atomic E-state index is 0.647. The van der Waals surface area contributed by atoms with Gasteiger partial charge in [-0.15, -0.1) is 5.10 Å². The average molecular weight is 410 g/mol. The molecular formula is C26H27N5.